The zero-order valence-corrected chi connectivity index (χ0v) is 10.3. The molecule has 1 aromatic carbocycles. The highest BCUT2D eigenvalue weighted by atomic mass is 16.1. The average Bonchev–Trinajstić information content (AvgIpc) is 2.71. The third-order valence-electron chi connectivity index (χ3n) is 2.76. The molecule has 3 heteroatoms. The van der Waals surface area contributed by atoms with Gasteiger partial charge >= 0.3 is 0 Å². The van der Waals surface area contributed by atoms with Crippen LogP contribution in [0, 0.1) is 0 Å². The number of nitrogens with two attached hydrogens (primary N) is 1. The number of carbonyl (C=O) groups is 1. The van der Waals surface area contributed by atoms with Crippen LogP contribution in [0.2, 0.25) is 0 Å². The molecule has 0 radical (unpaired) electrons. The average molecular weight is 230 g/mol. The van der Waals surface area contributed by atoms with Crippen LogP contribution in [0.5, 0.6) is 0 Å². The standard InChI is InChI=1S/C7H12N2.C7H6O/c1-5-6(2)9-4-7(5)3-8;8-6-7-4-2-1-3-5-7/h3-4,8H2,1-2H3;1-6H. The number of rotatable bonds is 2. The summed E-state index contributed by atoms with van der Waals surface area (Å²) in [5, 5.41) is 0. The molecule has 17 heavy (non-hydrogen) atoms. The number of nitrogens with zero attached hydrogens (tertiary/aromatic N) is 1. The summed E-state index contributed by atoms with van der Waals surface area (Å²) >= 11 is 0. The molecule has 2 rings (SSSR count). The highest BCUT2D eigenvalue weighted by Crippen LogP contribution is 2.12. The first kappa shape index (κ1) is 13.3. The first-order chi connectivity index (χ1) is 8.19. The van der Waals surface area contributed by atoms with Crippen LogP contribution >= 0.6 is 0 Å². The summed E-state index contributed by atoms with van der Waals surface area (Å²) in [4.78, 5) is 14.2. The van der Waals surface area contributed by atoms with Gasteiger partial charge in [0.05, 0.1) is 6.54 Å². The second-order valence-corrected chi connectivity index (χ2v) is 3.86. The number of aldehydes is 1. The van der Waals surface area contributed by atoms with Gasteiger partial charge in [-0.2, -0.15) is 0 Å². The van der Waals surface area contributed by atoms with Crippen LogP contribution in [0.15, 0.2) is 46.5 Å². The Labute approximate surface area is 102 Å². The van der Waals surface area contributed by atoms with Crippen molar-refractivity contribution in [3.05, 3.63) is 47.0 Å². The lowest BCUT2D eigenvalue weighted by atomic mass is 10.1. The summed E-state index contributed by atoms with van der Waals surface area (Å²) in [7, 11) is 0. The molecule has 1 aliphatic rings. The van der Waals surface area contributed by atoms with E-state index in [2.05, 4.69) is 11.9 Å². The summed E-state index contributed by atoms with van der Waals surface area (Å²) in [5.74, 6) is 0. The van der Waals surface area contributed by atoms with Gasteiger partial charge in [-0.1, -0.05) is 30.3 Å². The maximum Gasteiger partial charge on any atom is 0.150 e. The van der Waals surface area contributed by atoms with Gasteiger partial charge < -0.3 is 5.73 Å². The molecular formula is C14H18N2O. The molecule has 0 spiro atoms. The Balaban J connectivity index is 0.000000171. The van der Waals surface area contributed by atoms with Crippen molar-refractivity contribution in [3.8, 4) is 0 Å². The zero-order valence-electron chi connectivity index (χ0n) is 10.3. The van der Waals surface area contributed by atoms with Crippen molar-refractivity contribution in [3.63, 3.8) is 0 Å². The molecule has 1 heterocycles. The maximum atomic E-state index is 10.0. The van der Waals surface area contributed by atoms with Gasteiger partial charge in [0.2, 0.25) is 0 Å². The van der Waals surface area contributed by atoms with Crippen molar-refractivity contribution >= 4 is 12.0 Å². The van der Waals surface area contributed by atoms with Gasteiger partial charge in [0.15, 0.2) is 0 Å². The first-order valence-electron chi connectivity index (χ1n) is 5.59. The highest BCUT2D eigenvalue weighted by molar-refractivity contribution is 6.00. The van der Waals surface area contributed by atoms with Crippen molar-refractivity contribution in [1.29, 1.82) is 0 Å². The molecule has 3 nitrogen and oxygen atoms in total. The fraction of sp³-hybridized carbons (Fsp3) is 0.286. The van der Waals surface area contributed by atoms with Gasteiger partial charge in [0.25, 0.3) is 0 Å². The number of benzene rings is 1. The van der Waals surface area contributed by atoms with E-state index < -0.39 is 0 Å². The summed E-state index contributed by atoms with van der Waals surface area (Å²) in [6.07, 6.45) is 0.833. The van der Waals surface area contributed by atoms with E-state index >= 15 is 0 Å². The van der Waals surface area contributed by atoms with E-state index in [1.165, 1.54) is 11.1 Å². The molecule has 0 aromatic heterocycles. The number of aliphatic imine (C=N–C) groups is 1. The molecule has 2 N–H and O–H groups in total. The minimum Gasteiger partial charge on any atom is -0.327 e. The van der Waals surface area contributed by atoms with Gasteiger partial charge in [0.1, 0.15) is 6.29 Å². The highest BCUT2D eigenvalue weighted by Gasteiger charge is 2.08. The minimum atomic E-state index is 0.659. The largest absolute Gasteiger partial charge is 0.327 e. The molecule has 0 unspecified atom stereocenters. The van der Waals surface area contributed by atoms with Crippen LogP contribution in [-0.4, -0.2) is 25.1 Å². The number of allylic oxidation sites excluding steroid dienone is 1. The second-order valence-electron chi connectivity index (χ2n) is 3.86. The normalized spacial score (nSPS) is 13.9. The topological polar surface area (TPSA) is 55.4 Å². The van der Waals surface area contributed by atoms with Crippen molar-refractivity contribution < 1.29 is 4.79 Å². The Hall–Kier alpha value is -1.74. The van der Waals surface area contributed by atoms with E-state index in [0.717, 1.165) is 24.1 Å². The van der Waals surface area contributed by atoms with Crippen LogP contribution < -0.4 is 5.73 Å². The Bertz CT molecular complexity index is 433. The van der Waals surface area contributed by atoms with Crippen LogP contribution in [0.3, 0.4) is 0 Å². The molecular weight excluding hydrogens is 212 g/mol. The number of carbonyl (C=O) groups excluding carboxylic acids is 1. The molecule has 1 aliphatic heterocycles. The van der Waals surface area contributed by atoms with Crippen LogP contribution in [0.4, 0.5) is 0 Å². The monoisotopic (exact) mass is 230 g/mol. The fourth-order valence-corrected chi connectivity index (χ4v) is 1.46. The van der Waals surface area contributed by atoms with Crippen LogP contribution in [0.1, 0.15) is 24.2 Å². The van der Waals surface area contributed by atoms with Crippen molar-refractivity contribution in [2.45, 2.75) is 13.8 Å². The Morgan fingerprint density at radius 1 is 1.29 bits per heavy atom. The van der Waals surface area contributed by atoms with Crippen molar-refractivity contribution in [2.75, 3.05) is 13.1 Å². The summed E-state index contributed by atoms with van der Waals surface area (Å²) in [6.45, 7) is 5.59. The lowest BCUT2D eigenvalue weighted by Gasteiger charge is -1.95. The zero-order chi connectivity index (χ0) is 12.7. The number of hydrogen-bond acceptors (Lipinski definition) is 3. The Morgan fingerprint density at radius 2 is 1.94 bits per heavy atom. The van der Waals surface area contributed by atoms with E-state index in [9.17, 15) is 4.79 Å². The Kier molecular flexibility index (Phi) is 5.30. The molecule has 90 valence electrons. The van der Waals surface area contributed by atoms with E-state index in [0.29, 0.717) is 6.54 Å². The lowest BCUT2D eigenvalue weighted by Crippen LogP contribution is -2.05. The molecule has 0 atom stereocenters. The summed E-state index contributed by atoms with van der Waals surface area (Å²) < 4.78 is 0. The molecule has 0 saturated carbocycles. The van der Waals surface area contributed by atoms with E-state index in [1.807, 2.05) is 25.1 Å². The predicted molar refractivity (Wildman–Crippen MR) is 71.6 cm³/mol. The second kappa shape index (κ2) is 6.76. The third kappa shape index (κ3) is 3.96. The predicted octanol–water partition coefficient (Wildman–Crippen LogP) is 2.24. The van der Waals surface area contributed by atoms with Gasteiger partial charge in [0, 0.05) is 17.8 Å². The minimum absolute atomic E-state index is 0.659. The first-order valence-corrected chi connectivity index (χ1v) is 5.59. The summed E-state index contributed by atoms with van der Waals surface area (Å²) in [6, 6.07) is 9.10. The third-order valence-corrected chi connectivity index (χ3v) is 2.76. The van der Waals surface area contributed by atoms with Crippen LogP contribution in [-0.2, 0) is 0 Å². The summed E-state index contributed by atoms with van der Waals surface area (Å²) in [5.41, 5.74) is 9.91. The van der Waals surface area contributed by atoms with E-state index in [-0.39, 0.29) is 0 Å². The van der Waals surface area contributed by atoms with Gasteiger partial charge in [-0.3, -0.25) is 9.79 Å². The van der Waals surface area contributed by atoms with Crippen LogP contribution in [0.25, 0.3) is 0 Å². The molecule has 0 aliphatic carbocycles. The molecule has 0 fully saturated rings. The quantitative estimate of drug-likeness (QED) is 0.792. The van der Waals surface area contributed by atoms with Crippen molar-refractivity contribution in [1.82, 2.24) is 0 Å². The Morgan fingerprint density at radius 3 is 2.24 bits per heavy atom. The molecule has 0 saturated heterocycles. The molecule has 0 amide bonds. The molecule has 0 bridgehead atoms. The van der Waals surface area contributed by atoms with E-state index in [1.54, 1.807) is 12.1 Å². The smallest absolute Gasteiger partial charge is 0.150 e. The SMILES string of the molecule is CC1=NCC(CN)=C1C.O=Cc1ccccc1. The van der Waals surface area contributed by atoms with E-state index in [4.69, 9.17) is 5.73 Å². The lowest BCUT2D eigenvalue weighted by molar-refractivity contribution is 0.112. The van der Waals surface area contributed by atoms with Gasteiger partial charge in [-0.05, 0) is 25.0 Å². The molecule has 1 aromatic rings. The maximum absolute atomic E-state index is 10.0. The number of hydrogen-bond donors (Lipinski definition) is 1. The van der Waals surface area contributed by atoms with Crippen molar-refractivity contribution in [2.24, 2.45) is 10.7 Å². The fourth-order valence-electron chi connectivity index (χ4n) is 1.46. The van der Waals surface area contributed by atoms with Gasteiger partial charge in [-0.25, -0.2) is 0 Å². The van der Waals surface area contributed by atoms with Gasteiger partial charge in [-0.15, -0.1) is 0 Å².